The third kappa shape index (κ3) is 53.2. The summed E-state index contributed by atoms with van der Waals surface area (Å²) in [5.74, 6) is -0.0351. The molecule has 31 heteroatoms. The maximum atomic E-state index is 11.5. The van der Waals surface area contributed by atoms with Crippen molar-refractivity contribution in [3.63, 3.8) is 0 Å². The van der Waals surface area contributed by atoms with Crippen LogP contribution in [0.25, 0.3) is 5.53 Å². The van der Waals surface area contributed by atoms with Gasteiger partial charge in [-0.15, -0.1) is 0 Å². The van der Waals surface area contributed by atoms with Gasteiger partial charge in [-0.3, -0.25) is 62.3 Å². The van der Waals surface area contributed by atoms with Crippen LogP contribution in [-0.4, -0.2) is 160 Å². The summed E-state index contributed by atoms with van der Waals surface area (Å²) in [6, 6.07) is 0. The second kappa shape index (κ2) is 46.9. The molecule has 0 bridgehead atoms. The summed E-state index contributed by atoms with van der Waals surface area (Å²) in [7, 11) is 1.75. The second-order valence-electron chi connectivity index (χ2n) is 32.4. The zero-order valence-corrected chi connectivity index (χ0v) is 70.3. The topological polar surface area (TPSA) is 416 Å². The first-order valence-electron chi connectivity index (χ1n) is 34.6. The largest absolute Gasteiger partial charge is 1.00 e. The number of aliphatic carboxylic acids is 2. The average molecular weight is 1560 g/mol. The molecule has 8 fully saturated rings. The van der Waals surface area contributed by atoms with Gasteiger partial charge in [-0.25, -0.2) is 8.42 Å². The van der Waals surface area contributed by atoms with Gasteiger partial charge >= 0.3 is 99.4 Å². The molecule has 582 valence electrons. The molecule has 0 saturated heterocycles. The van der Waals surface area contributed by atoms with E-state index in [1.807, 2.05) is 83.1 Å². The van der Waals surface area contributed by atoms with Crippen LogP contribution in [0.5, 0.6) is 0 Å². The van der Waals surface area contributed by atoms with E-state index in [4.69, 9.17) is 55.2 Å². The standard InChI is InChI=1S/C12H20O3S.C11H20O2.C10H17ClO4S.C10H18O3.C10H16O3.C6H6N2O2.C6H8O3.C5H6O3.C2H4OS.K/c1-8(13)16-10-5-9(6-10)7-11(14)15-12(2,3)4;1-8-5-9(6-8)7-10(12)13-11(2,3)4;1-10(2,3)15-9(12)6-7-4-8(5-7)16(11,13)14;2*1-10(2,3)13-9(12)6-7-4-8(11)5-7;7-8-3-6(10)4-1-5(9)2-4;7-5-1-4(2-5)3-6(8)9;6-4-1-3(2-4)5(7)8;1-2(3)4;/h9-10H,5-7H2,1-4H3;8-9H,5-7H2,1-4H3;7-8H,4-6H2,1-3H3;7-8,11H,4-6H2,1-3H3;7H,4-6H2,1-3H3;3-4H,1-2H2;4H,1-3H2,(H,8,9);3H,1-2H2,(H,7,8);1H3,(H,3,4);/q;;;;;;;;;+1/p-1. The molecule has 0 aromatic heterocycles. The molecule has 3 N–H and O–H groups in total. The molecule has 0 heterocycles. The summed E-state index contributed by atoms with van der Waals surface area (Å²) < 4.78 is 47.8. The number of ether oxygens (including phenoxy) is 5. The van der Waals surface area contributed by atoms with Gasteiger partial charge in [0.2, 0.25) is 14.8 Å². The molecule has 0 aromatic carbocycles. The van der Waals surface area contributed by atoms with Crippen molar-refractivity contribution < 1.29 is 171 Å². The molecule has 0 unspecified atom stereocenters. The molecular weight excluding hydrogens is 1450 g/mol. The Kier molecular flexibility index (Phi) is 45.9. The molecule has 26 nitrogen and oxygen atoms in total. The smallest absolute Gasteiger partial charge is 0.742 e. The first-order chi connectivity index (χ1) is 46.3. The van der Waals surface area contributed by atoms with E-state index >= 15 is 0 Å². The van der Waals surface area contributed by atoms with Gasteiger partial charge in [-0.1, -0.05) is 18.7 Å². The number of hydrogen-bond donors (Lipinski definition) is 3. The molecule has 0 aliphatic heterocycles. The number of rotatable bonds is 17. The molecule has 0 atom stereocenters. The van der Waals surface area contributed by atoms with Crippen molar-refractivity contribution in [1.82, 2.24) is 0 Å². The van der Waals surface area contributed by atoms with Gasteiger partial charge in [-0.2, -0.15) is 4.79 Å². The quantitative estimate of drug-likeness (QED) is 0.0180. The van der Waals surface area contributed by atoms with Crippen molar-refractivity contribution >= 4 is 131 Å². The van der Waals surface area contributed by atoms with Gasteiger partial charge in [-0.05, 0) is 204 Å². The van der Waals surface area contributed by atoms with Crippen molar-refractivity contribution in [2.45, 2.75) is 310 Å². The summed E-state index contributed by atoms with van der Waals surface area (Å²) in [5.41, 5.74) is 5.92. The SMILES string of the molecule is CC(=O)SC1CC(CC(=O)OC(C)(C)C)C1.CC(=O)[S-].CC(C)(C)OC(=O)CC1CC(=O)C1.CC(C)(C)OC(=O)CC1CC(O)C1.CC(C)(C)OC(=O)CC1CC(S(=O)(=O)Cl)C1.CC1CC(CC(=O)OC(C)(C)C)C1.O=C(O)CC1CC(=O)C1.O=C1CC(C(=O)O)C1.[K+].[N-]=[N+]=CC(=O)C1CC(=O)C1. The number of carboxylic acid groups (broad SMARTS) is 2. The number of carbonyl (C=O) groups excluding carboxylic acids is 12. The molecule has 8 saturated carbocycles. The Morgan fingerprint density at radius 1 is 0.495 bits per heavy atom. The number of hydrogen-bond acceptors (Lipinski definition) is 24. The predicted octanol–water partition coefficient (Wildman–Crippen LogP) is 8.20. The van der Waals surface area contributed by atoms with Gasteiger partial charge in [0.05, 0.1) is 17.3 Å². The van der Waals surface area contributed by atoms with E-state index in [0.717, 1.165) is 37.8 Å². The van der Waals surface area contributed by atoms with E-state index in [-0.39, 0.29) is 193 Å². The monoisotopic (exact) mass is 1560 g/mol. The van der Waals surface area contributed by atoms with E-state index < -0.39 is 43.0 Å². The molecule has 8 rings (SSSR count). The number of aliphatic hydroxyl groups is 1. The van der Waals surface area contributed by atoms with E-state index in [9.17, 15) is 75.5 Å². The zero-order chi connectivity index (χ0) is 79.2. The fourth-order valence-electron chi connectivity index (χ4n) is 10.7. The Hall–Kier alpha value is -4.23. The van der Waals surface area contributed by atoms with Crippen LogP contribution in [0.15, 0.2) is 0 Å². The third-order valence-electron chi connectivity index (χ3n) is 15.5. The minimum absolute atomic E-state index is 0. The van der Waals surface area contributed by atoms with Crippen LogP contribution in [0, 0.1) is 53.3 Å². The number of Topliss-reactive ketones (excluding diaryl/α,β-unsaturated/α-hetero) is 5. The first-order valence-corrected chi connectivity index (χ1v) is 38.2. The number of thioether (sulfide) groups is 1. The molecular formula is C72H114ClKN2O24S3. The molecule has 0 aromatic rings. The van der Waals surface area contributed by atoms with E-state index in [0.29, 0.717) is 100 Å². The predicted molar refractivity (Wildman–Crippen MR) is 383 cm³/mol. The van der Waals surface area contributed by atoms with Crippen molar-refractivity contribution in [2.24, 2.45) is 53.3 Å². The Labute approximate surface area is 665 Å². The van der Waals surface area contributed by atoms with Crippen molar-refractivity contribution in [1.29, 1.82) is 0 Å². The fraction of sp³-hybridized carbons (Fsp3) is 0.792. The Morgan fingerprint density at radius 2 is 0.767 bits per heavy atom. The first kappa shape index (κ1) is 101. The molecule has 8 aliphatic rings. The van der Waals surface area contributed by atoms with Crippen LogP contribution in [0.1, 0.15) is 266 Å². The molecule has 0 spiro atoms. The molecule has 0 radical (unpaired) electrons. The number of ketones is 5. The average Bonchev–Trinajstić information content (AvgIpc) is 0.814. The maximum Gasteiger partial charge on any atom is 1.00 e. The van der Waals surface area contributed by atoms with Crippen LogP contribution < -0.4 is 51.4 Å². The van der Waals surface area contributed by atoms with Gasteiger partial charge in [0.25, 0.3) is 0 Å². The van der Waals surface area contributed by atoms with Crippen LogP contribution in [0.4, 0.5) is 0 Å². The molecule has 0 amide bonds. The van der Waals surface area contributed by atoms with Gasteiger partial charge in [0, 0.05) is 124 Å². The van der Waals surface area contributed by atoms with Crippen LogP contribution in [0.3, 0.4) is 0 Å². The van der Waals surface area contributed by atoms with Crippen molar-refractivity contribution in [2.75, 3.05) is 0 Å². The Bertz CT molecular complexity index is 2960. The van der Waals surface area contributed by atoms with Crippen molar-refractivity contribution in [3.05, 3.63) is 5.53 Å². The fourth-order valence-corrected chi connectivity index (χ4v) is 13.3. The van der Waals surface area contributed by atoms with E-state index in [1.165, 1.54) is 31.5 Å². The van der Waals surface area contributed by atoms with Gasteiger partial charge in [0.1, 0.15) is 51.1 Å². The summed E-state index contributed by atoms with van der Waals surface area (Å²) in [6.07, 6.45) is 13.0. The van der Waals surface area contributed by atoms with E-state index in [1.54, 1.807) is 27.7 Å². The van der Waals surface area contributed by atoms with E-state index in [2.05, 4.69) is 24.3 Å². The number of carboxylic acids is 2. The number of esters is 5. The number of nitrogens with zero attached hydrogens (tertiary/aromatic N) is 2. The second-order valence-corrected chi connectivity index (χ2v) is 37.3. The normalized spacial score (nSPS) is 22.4. The van der Waals surface area contributed by atoms with Gasteiger partial charge in [0.15, 0.2) is 5.12 Å². The number of aliphatic hydroxyl groups excluding tert-OH is 1. The maximum absolute atomic E-state index is 11.5. The number of carbonyl (C=O) groups is 14. The Morgan fingerprint density at radius 3 is 1.00 bits per heavy atom. The van der Waals surface area contributed by atoms with Crippen LogP contribution >= 0.6 is 22.4 Å². The van der Waals surface area contributed by atoms with Gasteiger partial charge < -0.3 is 62.0 Å². The Balaban J connectivity index is 0. The summed E-state index contributed by atoms with van der Waals surface area (Å²) >= 11 is 5.38. The zero-order valence-electron chi connectivity index (χ0n) is 64.0. The summed E-state index contributed by atoms with van der Waals surface area (Å²) in [6.45, 7) is 33.0. The third-order valence-corrected chi connectivity index (χ3v) is 18.5. The molecule has 8 aliphatic carbocycles. The van der Waals surface area contributed by atoms with Crippen LogP contribution in [0.2, 0.25) is 0 Å². The number of halogens is 1. The summed E-state index contributed by atoms with van der Waals surface area (Å²) in [5, 5.41) is 25.3. The summed E-state index contributed by atoms with van der Waals surface area (Å²) in [4.78, 5) is 152. The minimum atomic E-state index is -3.45. The minimum Gasteiger partial charge on any atom is -0.742 e. The van der Waals surface area contributed by atoms with Crippen molar-refractivity contribution in [3.8, 4) is 0 Å². The molecule has 103 heavy (non-hydrogen) atoms. The van der Waals surface area contributed by atoms with Crippen LogP contribution in [-0.2, 0) is 112 Å².